The van der Waals surface area contributed by atoms with E-state index in [1.807, 2.05) is 18.0 Å². The van der Waals surface area contributed by atoms with Gasteiger partial charge in [0.2, 0.25) is 0 Å². The van der Waals surface area contributed by atoms with Crippen molar-refractivity contribution in [1.29, 1.82) is 5.26 Å². The predicted octanol–water partition coefficient (Wildman–Crippen LogP) is 0.304. The summed E-state index contributed by atoms with van der Waals surface area (Å²) in [6, 6.07) is 7.13. The third kappa shape index (κ3) is 3.04. The molecule has 0 spiro atoms. The molecule has 0 N–H and O–H groups in total. The number of hydrogen-bond acceptors (Lipinski definition) is 3. The maximum Gasteiger partial charge on any atom is 0.250 e. The predicted molar refractivity (Wildman–Crippen MR) is 53.8 cm³/mol. The summed E-state index contributed by atoms with van der Waals surface area (Å²) in [6.45, 7) is 1.72. The summed E-state index contributed by atoms with van der Waals surface area (Å²) in [4.78, 5) is 13.1. The van der Waals surface area contributed by atoms with Gasteiger partial charge in [0, 0.05) is 25.4 Å². The van der Waals surface area contributed by atoms with Crippen LogP contribution in [0.3, 0.4) is 0 Å². The van der Waals surface area contributed by atoms with Gasteiger partial charge < -0.3 is 4.57 Å². The number of pyridine rings is 1. The van der Waals surface area contributed by atoms with E-state index in [2.05, 4.69) is 6.07 Å². The average Bonchev–Trinajstić information content (AvgIpc) is 2.17. The normalized spacial score (nSPS) is 10.1. The van der Waals surface area contributed by atoms with E-state index in [9.17, 15) is 4.79 Å². The highest BCUT2D eigenvalue weighted by molar-refractivity contribution is 4.93. The smallest absolute Gasteiger partial charge is 0.250 e. The van der Waals surface area contributed by atoms with Gasteiger partial charge in [0.25, 0.3) is 5.56 Å². The summed E-state index contributed by atoms with van der Waals surface area (Å²) in [6.07, 6.45) is 1.75. The Morgan fingerprint density at radius 2 is 2.36 bits per heavy atom. The lowest BCUT2D eigenvalue weighted by molar-refractivity contribution is 0.352. The Kier molecular flexibility index (Phi) is 3.89. The number of hydrogen-bond donors (Lipinski definition) is 0. The van der Waals surface area contributed by atoms with Crippen molar-refractivity contribution < 1.29 is 0 Å². The lowest BCUT2D eigenvalue weighted by Crippen LogP contribution is -2.27. The molecule has 1 aromatic rings. The third-order valence-electron chi connectivity index (χ3n) is 1.96. The standard InChI is InChI=1S/C10H13N3O/c1-12(7-5-11)8-9-13-6-3-2-4-10(13)14/h2-4,6H,7-9H2,1H3. The fourth-order valence-corrected chi connectivity index (χ4v) is 1.12. The molecule has 4 heteroatoms. The molecule has 74 valence electrons. The van der Waals surface area contributed by atoms with Crippen LogP contribution in [-0.2, 0) is 6.54 Å². The second kappa shape index (κ2) is 5.20. The van der Waals surface area contributed by atoms with Gasteiger partial charge in [-0.05, 0) is 13.1 Å². The fraction of sp³-hybridized carbons (Fsp3) is 0.400. The highest BCUT2D eigenvalue weighted by atomic mass is 16.1. The second-order valence-electron chi connectivity index (χ2n) is 3.13. The minimum atomic E-state index is -0.00198. The Balaban J connectivity index is 2.51. The molecule has 0 fully saturated rings. The van der Waals surface area contributed by atoms with Gasteiger partial charge in [-0.2, -0.15) is 5.26 Å². The van der Waals surface area contributed by atoms with Crippen LogP contribution in [0.2, 0.25) is 0 Å². The maximum atomic E-state index is 11.3. The molecule has 0 aliphatic heterocycles. The van der Waals surface area contributed by atoms with Crippen molar-refractivity contribution in [2.45, 2.75) is 6.54 Å². The zero-order valence-electron chi connectivity index (χ0n) is 8.18. The molecular weight excluding hydrogens is 178 g/mol. The van der Waals surface area contributed by atoms with Crippen LogP contribution in [0, 0.1) is 11.3 Å². The van der Waals surface area contributed by atoms with Gasteiger partial charge in [-0.25, -0.2) is 0 Å². The van der Waals surface area contributed by atoms with Crippen LogP contribution >= 0.6 is 0 Å². The molecule has 0 aliphatic rings. The molecule has 0 bridgehead atoms. The van der Waals surface area contributed by atoms with E-state index in [-0.39, 0.29) is 5.56 Å². The van der Waals surface area contributed by atoms with Gasteiger partial charge in [-0.1, -0.05) is 6.07 Å². The molecule has 1 heterocycles. The molecule has 1 rings (SSSR count). The van der Waals surface area contributed by atoms with E-state index in [4.69, 9.17) is 5.26 Å². The molecule has 1 aromatic heterocycles. The van der Waals surface area contributed by atoms with E-state index in [0.29, 0.717) is 19.6 Å². The van der Waals surface area contributed by atoms with Crippen LogP contribution in [0.25, 0.3) is 0 Å². The molecule has 0 aliphatic carbocycles. The minimum absolute atomic E-state index is 0.00198. The number of rotatable bonds is 4. The molecule has 14 heavy (non-hydrogen) atoms. The van der Waals surface area contributed by atoms with E-state index in [0.717, 1.165) is 0 Å². The Morgan fingerprint density at radius 3 is 3.00 bits per heavy atom. The van der Waals surface area contributed by atoms with Crippen LogP contribution < -0.4 is 5.56 Å². The van der Waals surface area contributed by atoms with Gasteiger partial charge in [0.1, 0.15) is 0 Å². The molecule has 0 aromatic carbocycles. The lowest BCUT2D eigenvalue weighted by atomic mass is 10.4. The molecule has 0 atom stereocenters. The minimum Gasteiger partial charge on any atom is -0.314 e. The van der Waals surface area contributed by atoms with Gasteiger partial charge >= 0.3 is 0 Å². The van der Waals surface area contributed by atoms with Crippen molar-refractivity contribution in [3.05, 3.63) is 34.7 Å². The van der Waals surface area contributed by atoms with Gasteiger partial charge in [-0.15, -0.1) is 0 Å². The lowest BCUT2D eigenvalue weighted by Gasteiger charge is -2.12. The molecule has 0 saturated heterocycles. The van der Waals surface area contributed by atoms with E-state index < -0.39 is 0 Å². The van der Waals surface area contributed by atoms with Crippen molar-refractivity contribution in [1.82, 2.24) is 9.47 Å². The molecule has 4 nitrogen and oxygen atoms in total. The first kappa shape index (κ1) is 10.5. The van der Waals surface area contributed by atoms with Crippen molar-refractivity contribution in [2.75, 3.05) is 20.1 Å². The van der Waals surface area contributed by atoms with Crippen molar-refractivity contribution in [2.24, 2.45) is 0 Å². The van der Waals surface area contributed by atoms with Crippen LogP contribution in [-0.4, -0.2) is 29.6 Å². The zero-order chi connectivity index (χ0) is 10.4. The zero-order valence-corrected chi connectivity index (χ0v) is 8.18. The quantitative estimate of drug-likeness (QED) is 0.643. The van der Waals surface area contributed by atoms with E-state index in [1.165, 1.54) is 6.07 Å². The summed E-state index contributed by atoms with van der Waals surface area (Å²) in [5.74, 6) is 0. The monoisotopic (exact) mass is 191 g/mol. The third-order valence-corrected chi connectivity index (χ3v) is 1.96. The molecule has 0 radical (unpaired) electrons. The second-order valence-corrected chi connectivity index (χ2v) is 3.13. The van der Waals surface area contributed by atoms with E-state index >= 15 is 0 Å². The first-order valence-electron chi connectivity index (χ1n) is 4.45. The Bertz CT molecular complexity index is 377. The largest absolute Gasteiger partial charge is 0.314 e. The fourth-order valence-electron chi connectivity index (χ4n) is 1.12. The average molecular weight is 191 g/mol. The summed E-state index contributed by atoms with van der Waals surface area (Å²) in [7, 11) is 1.86. The number of likely N-dealkylation sites (N-methyl/N-ethyl adjacent to an activating group) is 1. The molecule has 0 saturated carbocycles. The summed E-state index contributed by atoms with van der Waals surface area (Å²) in [5, 5.41) is 8.43. The Labute approximate surface area is 83.0 Å². The SMILES string of the molecule is CN(CC#N)CCn1ccccc1=O. The van der Waals surface area contributed by atoms with E-state index in [1.54, 1.807) is 16.8 Å². The topological polar surface area (TPSA) is 49.0 Å². The number of aromatic nitrogens is 1. The van der Waals surface area contributed by atoms with Gasteiger partial charge in [0.05, 0.1) is 12.6 Å². The van der Waals surface area contributed by atoms with Crippen LogP contribution in [0.5, 0.6) is 0 Å². The maximum absolute atomic E-state index is 11.3. The highest BCUT2D eigenvalue weighted by Crippen LogP contribution is 1.85. The molecule has 0 amide bonds. The van der Waals surface area contributed by atoms with Crippen molar-refractivity contribution in [3.8, 4) is 6.07 Å². The highest BCUT2D eigenvalue weighted by Gasteiger charge is 1.98. The summed E-state index contributed by atoms with van der Waals surface area (Å²) in [5.41, 5.74) is -0.00198. The van der Waals surface area contributed by atoms with Crippen LogP contribution in [0.1, 0.15) is 0 Å². The van der Waals surface area contributed by atoms with Crippen LogP contribution in [0.15, 0.2) is 29.2 Å². The Hall–Kier alpha value is -1.60. The summed E-state index contributed by atoms with van der Waals surface area (Å²) < 4.78 is 1.63. The van der Waals surface area contributed by atoms with Gasteiger partial charge in [-0.3, -0.25) is 9.69 Å². The van der Waals surface area contributed by atoms with Crippen LogP contribution in [0.4, 0.5) is 0 Å². The molecule has 0 unspecified atom stereocenters. The molecular formula is C10H13N3O. The summed E-state index contributed by atoms with van der Waals surface area (Å²) >= 11 is 0. The first-order chi connectivity index (χ1) is 6.74. The number of nitriles is 1. The Morgan fingerprint density at radius 1 is 1.57 bits per heavy atom. The number of nitrogens with zero attached hydrogens (tertiary/aromatic N) is 3. The first-order valence-corrected chi connectivity index (χ1v) is 4.45. The van der Waals surface area contributed by atoms with Crippen molar-refractivity contribution >= 4 is 0 Å². The van der Waals surface area contributed by atoms with Crippen molar-refractivity contribution in [3.63, 3.8) is 0 Å². The van der Waals surface area contributed by atoms with Gasteiger partial charge in [0.15, 0.2) is 0 Å².